The van der Waals surface area contributed by atoms with Crippen molar-refractivity contribution in [3.05, 3.63) is 33.8 Å². The molecular formula is C16H21BrNO4+. The van der Waals surface area contributed by atoms with Crippen LogP contribution >= 0.6 is 15.9 Å². The van der Waals surface area contributed by atoms with Gasteiger partial charge in [0.05, 0.1) is 0 Å². The number of carbonyl (C=O) groups is 2. The van der Waals surface area contributed by atoms with Crippen molar-refractivity contribution in [2.75, 3.05) is 0 Å². The number of hydrogen-bond acceptors (Lipinski definition) is 2. The van der Waals surface area contributed by atoms with Crippen LogP contribution < -0.4 is 0 Å². The molecule has 5 nitrogen and oxygen atoms in total. The van der Waals surface area contributed by atoms with E-state index in [4.69, 9.17) is 0 Å². The second-order valence-corrected chi connectivity index (χ2v) is 7.91. The van der Waals surface area contributed by atoms with Gasteiger partial charge >= 0.3 is 12.1 Å². The van der Waals surface area contributed by atoms with Gasteiger partial charge in [-0.2, -0.15) is 4.79 Å². The number of fused-ring (bicyclic) bond motifs is 1. The minimum absolute atomic E-state index is 0.149. The van der Waals surface area contributed by atoms with Crippen LogP contribution in [0, 0.1) is 0 Å². The Hall–Kier alpha value is -1.40. The second-order valence-electron chi connectivity index (χ2n) is 7.05. The van der Waals surface area contributed by atoms with Gasteiger partial charge in [-0.1, -0.05) is 28.1 Å². The van der Waals surface area contributed by atoms with Crippen LogP contribution in [0.4, 0.5) is 4.79 Å². The number of rotatable bonds is 1. The average molecular weight is 371 g/mol. The first kappa shape index (κ1) is 17.0. The van der Waals surface area contributed by atoms with Gasteiger partial charge in [-0.3, -0.25) is 0 Å². The Kier molecular flexibility index (Phi) is 3.90. The summed E-state index contributed by atoms with van der Waals surface area (Å²) >= 11 is 3.46. The molecule has 0 spiro atoms. The lowest BCUT2D eigenvalue weighted by Gasteiger charge is -2.54. The van der Waals surface area contributed by atoms with Gasteiger partial charge < -0.3 is 10.2 Å². The highest BCUT2D eigenvalue weighted by Crippen LogP contribution is 2.46. The van der Waals surface area contributed by atoms with Crippen molar-refractivity contribution in [2.24, 2.45) is 0 Å². The van der Waals surface area contributed by atoms with Crippen LogP contribution in [0.15, 0.2) is 22.7 Å². The van der Waals surface area contributed by atoms with Crippen molar-refractivity contribution >= 4 is 28.0 Å². The molecule has 1 unspecified atom stereocenters. The van der Waals surface area contributed by atoms with Crippen LogP contribution in [0.25, 0.3) is 0 Å². The molecule has 1 aromatic rings. The van der Waals surface area contributed by atoms with Gasteiger partial charge in [0, 0.05) is 23.4 Å². The molecule has 1 aliphatic rings. The van der Waals surface area contributed by atoms with E-state index in [1.54, 1.807) is 20.8 Å². The molecule has 120 valence electrons. The van der Waals surface area contributed by atoms with Crippen LogP contribution in [0.2, 0.25) is 0 Å². The molecule has 6 heteroatoms. The van der Waals surface area contributed by atoms with Gasteiger partial charge in [0.2, 0.25) is 5.54 Å². The van der Waals surface area contributed by atoms with Crippen molar-refractivity contribution in [2.45, 2.75) is 51.7 Å². The van der Waals surface area contributed by atoms with E-state index in [0.29, 0.717) is 0 Å². The van der Waals surface area contributed by atoms with Crippen molar-refractivity contribution in [3.63, 3.8) is 0 Å². The number of amides is 1. The smallest absolute Gasteiger partial charge is 0.477 e. The van der Waals surface area contributed by atoms with Crippen LogP contribution in [-0.2, 0) is 17.8 Å². The maximum absolute atomic E-state index is 12.2. The highest BCUT2D eigenvalue weighted by molar-refractivity contribution is 9.10. The highest BCUT2D eigenvalue weighted by atomic mass is 79.9. The number of benzene rings is 1. The summed E-state index contributed by atoms with van der Waals surface area (Å²) in [5.41, 5.74) is -0.447. The molecule has 22 heavy (non-hydrogen) atoms. The molecule has 1 heterocycles. The third kappa shape index (κ3) is 2.08. The number of quaternary nitrogens is 1. The molecule has 1 aromatic carbocycles. The average Bonchev–Trinajstić information content (AvgIpc) is 2.37. The molecule has 2 rings (SSSR count). The Morgan fingerprint density at radius 2 is 1.86 bits per heavy atom. The van der Waals surface area contributed by atoms with Gasteiger partial charge in [0.15, 0.2) is 0 Å². The van der Waals surface area contributed by atoms with Crippen molar-refractivity contribution < 1.29 is 24.3 Å². The monoisotopic (exact) mass is 370 g/mol. The molecule has 0 radical (unpaired) electrons. The summed E-state index contributed by atoms with van der Waals surface area (Å²) in [6.45, 7) is 7.04. The number of halogens is 1. The van der Waals surface area contributed by atoms with Gasteiger partial charge in [0.1, 0.15) is 12.1 Å². The normalized spacial score (nSPS) is 28.0. The number of nitrogens with zero attached hydrogens (tertiary/aromatic N) is 1. The lowest BCUT2D eigenvalue weighted by molar-refractivity contribution is -0.955. The lowest BCUT2D eigenvalue weighted by atomic mass is 9.77. The molecule has 2 N–H and O–H groups in total. The van der Waals surface area contributed by atoms with Crippen molar-refractivity contribution in [1.29, 1.82) is 0 Å². The fourth-order valence-corrected chi connectivity index (χ4v) is 4.19. The summed E-state index contributed by atoms with van der Waals surface area (Å²) in [5.74, 6) is -1.09. The largest absolute Gasteiger partial charge is 0.515 e. The van der Waals surface area contributed by atoms with Crippen molar-refractivity contribution in [1.82, 2.24) is 0 Å². The first-order valence-corrected chi connectivity index (χ1v) is 7.88. The fraction of sp³-hybridized carbons (Fsp3) is 0.500. The second kappa shape index (κ2) is 5.06. The first-order valence-electron chi connectivity index (χ1n) is 7.09. The standard InChI is InChI=1S/C16H20BrNO4/c1-15(2,3)18(14(21)22)9-10-6-5-7-12(17)11(10)8-16(18,4)13(19)20/h5-7H,8-9H2,1-4H3,(H-,19,20,21,22)/p+1/t16-,18?/m1/s1. The summed E-state index contributed by atoms with van der Waals surface area (Å²) < 4.78 is 0.299. The Labute approximate surface area is 138 Å². The zero-order chi connectivity index (χ0) is 16.9. The third-order valence-corrected chi connectivity index (χ3v) is 5.66. The molecule has 2 atom stereocenters. The number of carboxylic acid groups (broad SMARTS) is 2. The zero-order valence-corrected chi connectivity index (χ0v) is 14.8. The van der Waals surface area contributed by atoms with Gasteiger partial charge in [-0.25, -0.2) is 9.28 Å². The summed E-state index contributed by atoms with van der Waals surface area (Å²) in [6, 6.07) is 5.59. The Balaban J connectivity index is 2.82. The van der Waals surface area contributed by atoms with E-state index in [2.05, 4.69) is 15.9 Å². The third-order valence-electron chi connectivity index (χ3n) is 4.92. The van der Waals surface area contributed by atoms with E-state index in [1.165, 1.54) is 6.92 Å². The van der Waals surface area contributed by atoms with Gasteiger partial charge in [0.25, 0.3) is 0 Å². The predicted octanol–water partition coefficient (Wildman–Crippen LogP) is 3.64. The molecular weight excluding hydrogens is 350 g/mol. The van der Waals surface area contributed by atoms with E-state index in [1.807, 2.05) is 18.2 Å². The van der Waals surface area contributed by atoms with Crippen molar-refractivity contribution in [3.8, 4) is 0 Å². The quantitative estimate of drug-likeness (QED) is 0.740. The molecule has 0 fully saturated rings. The lowest BCUT2D eigenvalue weighted by Crippen LogP contribution is -2.77. The van der Waals surface area contributed by atoms with Crippen LogP contribution in [0.5, 0.6) is 0 Å². The highest BCUT2D eigenvalue weighted by Gasteiger charge is 2.66. The van der Waals surface area contributed by atoms with E-state index < -0.39 is 27.6 Å². The maximum Gasteiger partial charge on any atom is 0.515 e. The summed E-state index contributed by atoms with van der Waals surface area (Å²) in [4.78, 5) is 24.3. The summed E-state index contributed by atoms with van der Waals surface area (Å²) in [6.07, 6.45) is -0.939. The fourth-order valence-electron chi connectivity index (χ4n) is 3.64. The molecule has 0 aromatic heterocycles. The molecule has 0 saturated carbocycles. The molecule has 0 bridgehead atoms. The Morgan fingerprint density at radius 1 is 1.27 bits per heavy atom. The van der Waals surface area contributed by atoms with Crippen LogP contribution in [-0.4, -0.2) is 37.8 Å². The van der Waals surface area contributed by atoms with Crippen LogP contribution in [0.1, 0.15) is 38.8 Å². The maximum atomic E-state index is 12.2. The number of carboxylic acids is 1. The number of aliphatic carboxylic acids is 1. The molecule has 1 aliphatic heterocycles. The van der Waals surface area contributed by atoms with Gasteiger partial charge in [-0.05, 0) is 32.4 Å². The Bertz CT molecular complexity index is 652. The molecule has 0 saturated heterocycles. The van der Waals surface area contributed by atoms with Crippen LogP contribution in [0.3, 0.4) is 0 Å². The molecule has 0 aliphatic carbocycles. The van der Waals surface area contributed by atoms with E-state index in [0.717, 1.165) is 15.6 Å². The zero-order valence-electron chi connectivity index (χ0n) is 13.2. The van der Waals surface area contributed by atoms with E-state index in [9.17, 15) is 19.8 Å². The topological polar surface area (TPSA) is 74.6 Å². The summed E-state index contributed by atoms with van der Waals surface area (Å²) in [7, 11) is 0. The minimum atomic E-state index is -1.44. The minimum Gasteiger partial charge on any atom is -0.477 e. The van der Waals surface area contributed by atoms with Gasteiger partial charge in [-0.15, -0.1) is 0 Å². The van der Waals surface area contributed by atoms with E-state index >= 15 is 0 Å². The Morgan fingerprint density at radius 3 is 2.32 bits per heavy atom. The van der Waals surface area contributed by atoms with E-state index in [-0.39, 0.29) is 13.0 Å². The SMILES string of the molecule is CC(C)(C)[N+]1(C(=O)O)Cc2cccc(Br)c2C[C@]1(C)C(=O)O. The molecule has 1 amide bonds. The first-order chi connectivity index (χ1) is 9.97. The number of hydrogen-bond donors (Lipinski definition) is 2. The summed E-state index contributed by atoms with van der Waals surface area (Å²) in [5, 5.41) is 19.9. The predicted molar refractivity (Wildman–Crippen MR) is 85.6 cm³/mol.